The lowest BCUT2D eigenvalue weighted by Gasteiger charge is -1.99. The van der Waals surface area contributed by atoms with E-state index >= 15 is 0 Å². The third-order valence-electron chi connectivity index (χ3n) is 3.21. The molecule has 0 aliphatic carbocycles. The molecule has 20 heavy (non-hydrogen) atoms. The predicted octanol–water partition coefficient (Wildman–Crippen LogP) is 2.43. The van der Waals surface area contributed by atoms with Gasteiger partial charge in [-0.15, -0.1) is 0 Å². The molecule has 3 rings (SSSR count). The summed E-state index contributed by atoms with van der Waals surface area (Å²) >= 11 is 0. The average molecular weight is 268 g/mol. The number of nitrogens with one attached hydrogen (secondary N) is 1. The van der Waals surface area contributed by atoms with Gasteiger partial charge in [-0.25, -0.2) is 4.98 Å². The number of nitrogens with zero attached hydrogens (tertiary/aromatic N) is 3. The van der Waals surface area contributed by atoms with E-state index in [1.54, 1.807) is 0 Å². The van der Waals surface area contributed by atoms with Crippen molar-refractivity contribution in [3.8, 4) is 11.3 Å². The van der Waals surface area contributed by atoms with Gasteiger partial charge in [-0.05, 0) is 6.42 Å². The average Bonchev–Trinajstić information content (AvgIpc) is 2.89. The van der Waals surface area contributed by atoms with Crippen molar-refractivity contribution in [2.45, 2.75) is 26.2 Å². The smallest absolute Gasteiger partial charge is 0.274 e. The molecule has 0 unspecified atom stereocenters. The van der Waals surface area contributed by atoms with Crippen LogP contribution in [0.25, 0.3) is 17.0 Å². The summed E-state index contributed by atoms with van der Waals surface area (Å²) in [7, 11) is 0. The molecule has 2 aromatic heterocycles. The summed E-state index contributed by atoms with van der Waals surface area (Å²) < 4.78 is 1.40. The van der Waals surface area contributed by atoms with Crippen LogP contribution in [0.15, 0.2) is 41.2 Å². The van der Waals surface area contributed by atoms with Gasteiger partial charge in [0.05, 0.1) is 5.69 Å². The number of hydrogen-bond acceptors (Lipinski definition) is 3. The van der Waals surface area contributed by atoms with E-state index < -0.39 is 0 Å². The number of aromatic amines is 1. The molecule has 5 nitrogen and oxygen atoms in total. The molecule has 0 saturated heterocycles. The standard InChI is InChI=1S/C15H16N4O/c1-2-3-9-13-17-15-16-12(10-14(20)19(15)18-13)11-7-5-4-6-8-11/h4-8,10H,2-3,9H2,1H3,(H,16,17,18). The number of aryl methyl sites for hydroxylation is 1. The Morgan fingerprint density at radius 3 is 2.75 bits per heavy atom. The van der Waals surface area contributed by atoms with Crippen molar-refractivity contribution in [1.29, 1.82) is 0 Å². The van der Waals surface area contributed by atoms with Gasteiger partial charge < -0.3 is 0 Å². The van der Waals surface area contributed by atoms with Crippen molar-refractivity contribution in [1.82, 2.24) is 19.6 Å². The summed E-state index contributed by atoms with van der Waals surface area (Å²) in [5, 5.41) is 3.01. The van der Waals surface area contributed by atoms with Gasteiger partial charge in [0.2, 0.25) is 0 Å². The van der Waals surface area contributed by atoms with E-state index in [2.05, 4.69) is 22.0 Å². The van der Waals surface area contributed by atoms with Crippen molar-refractivity contribution < 1.29 is 0 Å². The van der Waals surface area contributed by atoms with Crippen LogP contribution in [0.5, 0.6) is 0 Å². The maximum Gasteiger partial charge on any atom is 0.274 e. The van der Waals surface area contributed by atoms with Gasteiger partial charge in [0.25, 0.3) is 11.3 Å². The fourth-order valence-electron chi connectivity index (χ4n) is 2.14. The monoisotopic (exact) mass is 268 g/mol. The Morgan fingerprint density at radius 1 is 1.20 bits per heavy atom. The summed E-state index contributed by atoms with van der Waals surface area (Å²) in [5.41, 5.74) is 1.44. The zero-order chi connectivity index (χ0) is 13.9. The maximum atomic E-state index is 12.1. The first-order chi connectivity index (χ1) is 9.78. The number of H-pyrrole nitrogens is 1. The molecule has 3 aromatic rings. The summed E-state index contributed by atoms with van der Waals surface area (Å²) in [6.07, 6.45) is 2.97. The lowest BCUT2D eigenvalue weighted by molar-refractivity contribution is 0.744. The minimum Gasteiger partial charge on any atom is -0.275 e. The van der Waals surface area contributed by atoms with Crippen LogP contribution in [-0.4, -0.2) is 19.6 Å². The Balaban J connectivity index is 2.07. The Morgan fingerprint density at radius 2 is 2.00 bits per heavy atom. The molecule has 1 N–H and O–H groups in total. The van der Waals surface area contributed by atoms with Crippen LogP contribution in [-0.2, 0) is 6.42 Å². The van der Waals surface area contributed by atoms with Gasteiger partial charge in [-0.1, -0.05) is 43.7 Å². The second kappa shape index (κ2) is 5.28. The van der Waals surface area contributed by atoms with Gasteiger partial charge >= 0.3 is 0 Å². The highest BCUT2D eigenvalue weighted by atomic mass is 16.1. The maximum absolute atomic E-state index is 12.1. The minimum absolute atomic E-state index is 0.135. The van der Waals surface area contributed by atoms with Crippen LogP contribution in [0.4, 0.5) is 0 Å². The van der Waals surface area contributed by atoms with Gasteiger partial charge in [0, 0.05) is 18.1 Å². The van der Waals surface area contributed by atoms with Crippen molar-refractivity contribution in [2.75, 3.05) is 0 Å². The summed E-state index contributed by atoms with van der Waals surface area (Å²) in [6.45, 7) is 2.13. The number of aromatic nitrogens is 4. The zero-order valence-electron chi connectivity index (χ0n) is 11.3. The first kappa shape index (κ1) is 12.6. The molecule has 0 amide bonds. The lowest BCUT2D eigenvalue weighted by atomic mass is 10.1. The first-order valence-corrected chi connectivity index (χ1v) is 6.82. The Kier molecular flexibility index (Phi) is 3.33. The lowest BCUT2D eigenvalue weighted by Crippen LogP contribution is -2.14. The third-order valence-corrected chi connectivity index (χ3v) is 3.21. The third kappa shape index (κ3) is 2.34. The molecule has 0 radical (unpaired) electrons. The summed E-state index contributed by atoms with van der Waals surface area (Å²) in [5.74, 6) is 1.24. The molecule has 0 spiro atoms. The molecule has 0 atom stereocenters. The quantitative estimate of drug-likeness (QED) is 0.790. The highest BCUT2D eigenvalue weighted by Gasteiger charge is 2.08. The molecular formula is C15H16N4O. The molecule has 2 heterocycles. The van der Waals surface area contributed by atoms with Crippen LogP contribution >= 0.6 is 0 Å². The molecule has 102 valence electrons. The van der Waals surface area contributed by atoms with Crippen molar-refractivity contribution in [2.24, 2.45) is 0 Å². The Hall–Kier alpha value is -2.43. The first-order valence-electron chi connectivity index (χ1n) is 6.82. The molecule has 0 saturated carbocycles. The predicted molar refractivity (Wildman–Crippen MR) is 77.7 cm³/mol. The zero-order valence-corrected chi connectivity index (χ0v) is 11.3. The summed E-state index contributed by atoms with van der Waals surface area (Å²) in [4.78, 5) is 21.0. The van der Waals surface area contributed by atoms with Crippen LogP contribution in [0.3, 0.4) is 0 Å². The molecule has 0 bridgehead atoms. The van der Waals surface area contributed by atoms with Crippen LogP contribution in [0.1, 0.15) is 25.6 Å². The minimum atomic E-state index is -0.135. The fourth-order valence-corrected chi connectivity index (χ4v) is 2.14. The van der Waals surface area contributed by atoms with Crippen LogP contribution < -0.4 is 5.56 Å². The second-order valence-electron chi connectivity index (χ2n) is 4.75. The largest absolute Gasteiger partial charge is 0.275 e. The van der Waals surface area contributed by atoms with Gasteiger partial charge in [-0.2, -0.15) is 9.50 Å². The highest BCUT2D eigenvalue weighted by molar-refractivity contribution is 5.60. The molecular weight excluding hydrogens is 252 g/mol. The van der Waals surface area contributed by atoms with Crippen LogP contribution in [0, 0.1) is 0 Å². The van der Waals surface area contributed by atoms with Crippen molar-refractivity contribution >= 4 is 5.78 Å². The number of unbranched alkanes of at least 4 members (excludes halogenated alkanes) is 1. The normalized spacial score (nSPS) is 11.1. The number of rotatable bonds is 4. The molecule has 5 heteroatoms. The number of benzene rings is 1. The van der Waals surface area contributed by atoms with Gasteiger partial charge in [-0.3, -0.25) is 9.89 Å². The second-order valence-corrected chi connectivity index (χ2v) is 4.75. The van der Waals surface area contributed by atoms with E-state index in [1.165, 1.54) is 10.6 Å². The number of hydrogen-bond donors (Lipinski definition) is 1. The molecule has 0 fully saturated rings. The summed E-state index contributed by atoms with van der Waals surface area (Å²) in [6, 6.07) is 11.2. The molecule has 1 aromatic carbocycles. The SMILES string of the molecule is CCCCc1nc2nc(-c3ccccc3)cc(=O)n2[nH]1. The van der Waals surface area contributed by atoms with Crippen molar-refractivity contribution in [3.05, 3.63) is 52.6 Å². The van der Waals surface area contributed by atoms with Gasteiger partial charge in [0.15, 0.2) is 0 Å². The number of fused-ring (bicyclic) bond motifs is 1. The van der Waals surface area contributed by atoms with E-state index in [4.69, 9.17) is 0 Å². The van der Waals surface area contributed by atoms with Crippen LogP contribution in [0.2, 0.25) is 0 Å². The van der Waals surface area contributed by atoms with Gasteiger partial charge in [0.1, 0.15) is 5.82 Å². The van der Waals surface area contributed by atoms with E-state index in [0.29, 0.717) is 11.5 Å². The molecule has 0 aliphatic rings. The van der Waals surface area contributed by atoms with E-state index in [9.17, 15) is 4.79 Å². The highest BCUT2D eigenvalue weighted by Crippen LogP contribution is 2.14. The molecule has 0 aliphatic heterocycles. The van der Waals surface area contributed by atoms with Crippen molar-refractivity contribution in [3.63, 3.8) is 0 Å². The Bertz CT molecular complexity index is 773. The fraction of sp³-hybridized carbons (Fsp3) is 0.267. The van der Waals surface area contributed by atoms with E-state index in [1.807, 2.05) is 30.3 Å². The Labute approximate surface area is 116 Å². The van der Waals surface area contributed by atoms with E-state index in [0.717, 1.165) is 30.7 Å². The van der Waals surface area contributed by atoms with E-state index in [-0.39, 0.29) is 5.56 Å². The topological polar surface area (TPSA) is 63.1 Å².